The Hall–Kier alpha value is -3.30. The highest BCUT2D eigenvalue weighted by atomic mass is 16.5. The summed E-state index contributed by atoms with van der Waals surface area (Å²) in [5.74, 6) is -0.440. The van der Waals surface area contributed by atoms with E-state index in [0.717, 1.165) is 5.39 Å². The molecule has 0 aliphatic heterocycles. The van der Waals surface area contributed by atoms with Gasteiger partial charge in [0.2, 0.25) is 11.9 Å². The second kappa shape index (κ2) is 6.07. The first kappa shape index (κ1) is 15.6. The molecule has 0 amide bonds. The van der Waals surface area contributed by atoms with E-state index < -0.39 is 5.97 Å². The van der Waals surface area contributed by atoms with Crippen LogP contribution in [0.3, 0.4) is 0 Å². The lowest BCUT2D eigenvalue weighted by molar-refractivity contribution is 0.0462. The Morgan fingerprint density at radius 3 is 2.58 bits per heavy atom. The highest BCUT2D eigenvalue weighted by molar-refractivity contribution is 5.92. The Morgan fingerprint density at radius 2 is 1.92 bits per heavy atom. The van der Waals surface area contributed by atoms with Gasteiger partial charge in [-0.25, -0.2) is 14.5 Å². The molecule has 3 rings (SSSR count). The molecule has 3 aromatic heterocycles. The van der Waals surface area contributed by atoms with E-state index in [2.05, 4.69) is 25.0 Å². The van der Waals surface area contributed by atoms with Gasteiger partial charge in [0.05, 0.1) is 11.8 Å². The standard InChI is InChI=1S/C14H16N8O2/c1-7(2)22-11-8(5-18-22)3-9(4-17-11)12(23)24-6-10-19-13(15)21-14(16)20-10/h3-5,7H,6H2,1-2H3,(H4,15,16,19,20,21). The summed E-state index contributed by atoms with van der Waals surface area (Å²) >= 11 is 0. The summed E-state index contributed by atoms with van der Waals surface area (Å²) in [7, 11) is 0. The van der Waals surface area contributed by atoms with Gasteiger partial charge < -0.3 is 16.2 Å². The van der Waals surface area contributed by atoms with Gasteiger partial charge in [0.25, 0.3) is 0 Å². The van der Waals surface area contributed by atoms with Gasteiger partial charge in [-0.05, 0) is 19.9 Å². The van der Waals surface area contributed by atoms with Gasteiger partial charge in [0.15, 0.2) is 18.1 Å². The molecule has 0 radical (unpaired) electrons. The van der Waals surface area contributed by atoms with E-state index in [4.69, 9.17) is 16.2 Å². The fourth-order valence-corrected chi connectivity index (χ4v) is 2.16. The summed E-state index contributed by atoms with van der Waals surface area (Å²) < 4.78 is 6.94. The second-order valence-electron chi connectivity index (χ2n) is 5.36. The molecule has 3 aromatic rings. The molecule has 0 aliphatic carbocycles. The lowest BCUT2D eigenvalue weighted by Crippen LogP contribution is -2.11. The van der Waals surface area contributed by atoms with Gasteiger partial charge in [0, 0.05) is 17.6 Å². The van der Waals surface area contributed by atoms with Crippen LogP contribution in [0.25, 0.3) is 11.0 Å². The third-order valence-electron chi connectivity index (χ3n) is 3.21. The number of ether oxygens (including phenoxy) is 1. The average molecular weight is 328 g/mol. The Balaban J connectivity index is 1.76. The van der Waals surface area contributed by atoms with Crippen molar-refractivity contribution in [1.29, 1.82) is 0 Å². The van der Waals surface area contributed by atoms with Gasteiger partial charge in [-0.2, -0.15) is 20.1 Å². The van der Waals surface area contributed by atoms with E-state index in [-0.39, 0.29) is 30.4 Å². The molecule has 4 N–H and O–H groups in total. The molecule has 0 bridgehead atoms. The second-order valence-corrected chi connectivity index (χ2v) is 5.36. The predicted molar refractivity (Wildman–Crippen MR) is 85.7 cm³/mol. The van der Waals surface area contributed by atoms with Gasteiger partial charge in [-0.1, -0.05) is 0 Å². The summed E-state index contributed by atoms with van der Waals surface area (Å²) in [6, 6.07) is 1.85. The molecular formula is C14H16N8O2. The summed E-state index contributed by atoms with van der Waals surface area (Å²) in [5.41, 5.74) is 11.9. The fourth-order valence-electron chi connectivity index (χ4n) is 2.16. The van der Waals surface area contributed by atoms with Crippen LogP contribution in [0.1, 0.15) is 36.1 Å². The topological polar surface area (TPSA) is 148 Å². The number of carbonyl (C=O) groups excluding carboxylic acids is 1. The van der Waals surface area contributed by atoms with Crippen LogP contribution in [0.4, 0.5) is 11.9 Å². The number of fused-ring (bicyclic) bond motifs is 1. The quantitative estimate of drug-likeness (QED) is 0.660. The number of hydrogen-bond donors (Lipinski definition) is 2. The molecule has 124 valence electrons. The van der Waals surface area contributed by atoms with Crippen molar-refractivity contribution < 1.29 is 9.53 Å². The fraction of sp³-hybridized carbons (Fsp3) is 0.286. The van der Waals surface area contributed by atoms with Crippen LogP contribution in [0, 0.1) is 0 Å². The number of aromatic nitrogens is 6. The molecule has 0 aliphatic rings. The normalized spacial score (nSPS) is 11.1. The molecule has 0 unspecified atom stereocenters. The number of anilines is 2. The van der Waals surface area contributed by atoms with E-state index in [0.29, 0.717) is 11.2 Å². The Morgan fingerprint density at radius 1 is 1.21 bits per heavy atom. The highest BCUT2D eigenvalue weighted by Gasteiger charge is 2.14. The van der Waals surface area contributed by atoms with Crippen molar-refractivity contribution in [2.24, 2.45) is 0 Å². The van der Waals surface area contributed by atoms with E-state index in [1.54, 1.807) is 16.9 Å². The Labute approximate surface area is 136 Å². The maximum atomic E-state index is 12.1. The zero-order valence-corrected chi connectivity index (χ0v) is 13.2. The van der Waals surface area contributed by atoms with Gasteiger partial charge >= 0.3 is 5.97 Å². The van der Waals surface area contributed by atoms with Crippen LogP contribution in [-0.4, -0.2) is 35.7 Å². The first-order chi connectivity index (χ1) is 11.4. The average Bonchev–Trinajstić information content (AvgIpc) is 2.95. The number of carbonyl (C=O) groups is 1. The van der Waals surface area contributed by atoms with Crippen molar-refractivity contribution in [1.82, 2.24) is 29.7 Å². The third-order valence-corrected chi connectivity index (χ3v) is 3.21. The molecule has 10 heteroatoms. The molecule has 0 aromatic carbocycles. The molecule has 0 spiro atoms. The molecule has 0 saturated carbocycles. The van der Waals surface area contributed by atoms with Crippen molar-refractivity contribution in [3.05, 3.63) is 29.8 Å². The summed E-state index contributed by atoms with van der Waals surface area (Å²) in [4.78, 5) is 27.8. The maximum absolute atomic E-state index is 12.1. The first-order valence-corrected chi connectivity index (χ1v) is 7.20. The SMILES string of the molecule is CC(C)n1ncc2cc(C(=O)OCc3nc(N)nc(N)n3)cnc21. The minimum atomic E-state index is -0.556. The summed E-state index contributed by atoms with van der Waals surface area (Å²) in [6.45, 7) is 3.84. The van der Waals surface area contributed by atoms with Gasteiger partial charge in [0.1, 0.15) is 0 Å². The van der Waals surface area contributed by atoms with Crippen LogP contribution < -0.4 is 11.5 Å². The van der Waals surface area contributed by atoms with Crippen LogP contribution in [0.5, 0.6) is 0 Å². The molecule has 10 nitrogen and oxygen atoms in total. The monoisotopic (exact) mass is 328 g/mol. The number of rotatable bonds is 4. The lowest BCUT2D eigenvalue weighted by Gasteiger charge is -2.07. The van der Waals surface area contributed by atoms with E-state index in [1.165, 1.54) is 6.20 Å². The summed E-state index contributed by atoms with van der Waals surface area (Å²) in [6.07, 6.45) is 3.11. The van der Waals surface area contributed by atoms with Crippen molar-refractivity contribution >= 4 is 28.9 Å². The van der Waals surface area contributed by atoms with Gasteiger partial charge in [-0.15, -0.1) is 0 Å². The molecule has 24 heavy (non-hydrogen) atoms. The van der Waals surface area contributed by atoms with E-state index in [1.807, 2.05) is 13.8 Å². The number of hydrogen-bond acceptors (Lipinski definition) is 9. The Kier molecular flexibility index (Phi) is 3.94. The minimum absolute atomic E-state index is 0.0299. The Bertz CT molecular complexity index is 885. The van der Waals surface area contributed by atoms with E-state index in [9.17, 15) is 4.79 Å². The first-order valence-electron chi connectivity index (χ1n) is 7.20. The lowest BCUT2D eigenvalue weighted by atomic mass is 10.2. The molecule has 0 fully saturated rings. The zero-order chi connectivity index (χ0) is 17.3. The van der Waals surface area contributed by atoms with Crippen molar-refractivity contribution in [3.63, 3.8) is 0 Å². The molecule has 3 heterocycles. The number of nitrogens with zero attached hydrogens (tertiary/aromatic N) is 6. The summed E-state index contributed by atoms with van der Waals surface area (Å²) in [5, 5.41) is 5.01. The molecule has 0 atom stereocenters. The largest absolute Gasteiger partial charge is 0.454 e. The number of esters is 1. The number of nitrogen functional groups attached to an aromatic ring is 2. The maximum Gasteiger partial charge on any atom is 0.340 e. The van der Waals surface area contributed by atoms with Crippen LogP contribution in [0.2, 0.25) is 0 Å². The van der Waals surface area contributed by atoms with Crippen LogP contribution in [-0.2, 0) is 11.3 Å². The van der Waals surface area contributed by atoms with Crippen molar-refractivity contribution in [2.75, 3.05) is 11.5 Å². The number of pyridine rings is 1. The van der Waals surface area contributed by atoms with Crippen molar-refractivity contribution in [3.8, 4) is 0 Å². The van der Waals surface area contributed by atoms with E-state index >= 15 is 0 Å². The zero-order valence-electron chi connectivity index (χ0n) is 13.2. The van der Waals surface area contributed by atoms with Crippen LogP contribution >= 0.6 is 0 Å². The van der Waals surface area contributed by atoms with Gasteiger partial charge in [-0.3, -0.25) is 0 Å². The van der Waals surface area contributed by atoms with Crippen molar-refractivity contribution in [2.45, 2.75) is 26.5 Å². The third kappa shape index (κ3) is 3.07. The minimum Gasteiger partial charge on any atom is -0.454 e. The number of nitrogens with two attached hydrogens (primary N) is 2. The predicted octanol–water partition coefficient (Wildman–Crippen LogP) is 0.719. The smallest absolute Gasteiger partial charge is 0.340 e. The highest BCUT2D eigenvalue weighted by Crippen LogP contribution is 2.17. The molecular weight excluding hydrogens is 312 g/mol. The van der Waals surface area contributed by atoms with Crippen LogP contribution in [0.15, 0.2) is 18.5 Å². The molecule has 0 saturated heterocycles.